The van der Waals surface area contributed by atoms with Gasteiger partial charge in [0.1, 0.15) is 0 Å². The van der Waals surface area contributed by atoms with Gasteiger partial charge in [0, 0.05) is 12.6 Å². The Balaban J connectivity index is 2.13. The van der Waals surface area contributed by atoms with Gasteiger partial charge >= 0.3 is 0 Å². The van der Waals surface area contributed by atoms with Crippen LogP contribution in [0.3, 0.4) is 0 Å². The number of hydrogen-bond donors (Lipinski definition) is 3. The molecule has 0 aliphatic carbocycles. The molecule has 1 rings (SSSR count). The molecule has 0 saturated carbocycles. The third-order valence-corrected chi connectivity index (χ3v) is 2.69. The molecule has 0 aromatic heterocycles. The van der Waals surface area contributed by atoms with Gasteiger partial charge in [0.2, 0.25) is 5.91 Å². The summed E-state index contributed by atoms with van der Waals surface area (Å²) in [5.74, 6) is -0.0535. The summed E-state index contributed by atoms with van der Waals surface area (Å²) >= 11 is 5.10. The fraction of sp³-hybridized carbons (Fsp3) is 0.429. The maximum atomic E-state index is 11.4. The zero-order valence-electron chi connectivity index (χ0n) is 11.4. The molecule has 4 nitrogen and oxygen atoms in total. The predicted molar refractivity (Wildman–Crippen MR) is 82.0 cm³/mol. The minimum absolute atomic E-state index is 0.0535. The van der Waals surface area contributed by atoms with E-state index in [4.69, 9.17) is 12.2 Å². The number of carbonyl (C=O) groups excluding carboxylic acids is 1. The van der Waals surface area contributed by atoms with Gasteiger partial charge in [0.15, 0.2) is 5.11 Å². The van der Waals surface area contributed by atoms with Gasteiger partial charge in [0.25, 0.3) is 0 Å². The second-order valence-electron chi connectivity index (χ2n) is 4.57. The van der Waals surface area contributed by atoms with Gasteiger partial charge in [-0.15, -0.1) is 0 Å². The highest BCUT2D eigenvalue weighted by Crippen LogP contribution is 1.97. The van der Waals surface area contributed by atoms with E-state index in [1.807, 2.05) is 32.0 Å². The highest BCUT2D eigenvalue weighted by molar-refractivity contribution is 7.80. The van der Waals surface area contributed by atoms with Crippen LogP contribution in [0.5, 0.6) is 0 Å². The van der Waals surface area contributed by atoms with E-state index >= 15 is 0 Å². The van der Waals surface area contributed by atoms with Crippen LogP contribution < -0.4 is 16.0 Å². The Labute approximate surface area is 120 Å². The van der Waals surface area contributed by atoms with Gasteiger partial charge < -0.3 is 16.0 Å². The summed E-state index contributed by atoms with van der Waals surface area (Å²) in [6, 6.07) is 10.3. The summed E-state index contributed by atoms with van der Waals surface area (Å²) in [5.41, 5.74) is 1.26. The summed E-state index contributed by atoms with van der Waals surface area (Å²) in [6.07, 6.45) is 0.904. The number of hydrogen-bond acceptors (Lipinski definition) is 2. The molecule has 1 amide bonds. The molecular weight excluding hydrogens is 258 g/mol. The molecule has 0 fully saturated rings. The van der Waals surface area contributed by atoms with E-state index < -0.39 is 0 Å². The van der Waals surface area contributed by atoms with Crippen LogP contribution in [-0.4, -0.2) is 30.2 Å². The van der Waals surface area contributed by atoms with Crippen LogP contribution in [0.1, 0.15) is 19.4 Å². The minimum Gasteiger partial charge on any atom is -0.362 e. The van der Waals surface area contributed by atoms with Crippen molar-refractivity contribution in [1.29, 1.82) is 0 Å². The summed E-state index contributed by atoms with van der Waals surface area (Å²) in [7, 11) is 0. The lowest BCUT2D eigenvalue weighted by atomic mass is 10.1. The van der Waals surface area contributed by atoms with Crippen LogP contribution in [-0.2, 0) is 11.2 Å². The zero-order chi connectivity index (χ0) is 14.1. The quantitative estimate of drug-likeness (QED) is 0.685. The Kier molecular flexibility index (Phi) is 6.89. The van der Waals surface area contributed by atoms with Gasteiger partial charge in [-0.3, -0.25) is 4.79 Å². The van der Waals surface area contributed by atoms with E-state index in [1.165, 1.54) is 5.56 Å². The van der Waals surface area contributed by atoms with Crippen molar-refractivity contribution in [3.8, 4) is 0 Å². The molecule has 0 atom stereocenters. The summed E-state index contributed by atoms with van der Waals surface area (Å²) < 4.78 is 0. The summed E-state index contributed by atoms with van der Waals surface area (Å²) in [4.78, 5) is 11.4. The van der Waals surface area contributed by atoms with E-state index in [0.29, 0.717) is 5.11 Å². The second-order valence-corrected chi connectivity index (χ2v) is 4.98. The number of amides is 1. The Morgan fingerprint density at radius 2 is 1.89 bits per heavy atom. The SMILES string of the molecule is CC(C)NC(=O)CNC(=S)NCCc1ccccc1. The van der Waals surface area contributed by atoms with Crippen LogP contribution in [0.4, 0.5) is 0 Å². The van der Waals surface area contributed by atoms with E-state index in [2.05, 4.69) is 28.1 Å². The van der Waals surface area contributed by atoms with Gasteiger partial charge in [-0.2, -0.15) is 0 Å². The first-order valence-corrected chi connectivity index (χ1v) is 6.83. The third kappa shape index (κ3) is 7.41. The molecule has 0 saturated heterocycles. The fourth-order valence-corrected chi connectivity index (χ4v) is 1.74. The molecule has 5 heteroatoms. The molecule has 0 bridgehead atoms. The van der Waals surface area contributed by atoms with Crippen LogP contribution >= 0.6 is 12.2 Å². The van der Waals surface area contributed by atoms with Crippen LogP contribution in [0.25, 0.3) is 0 Å². The summed E-state index contributed by atoms with van der Waals surface area (Å²) in [6.45, 7) is 4.81. The zero-order valence-corrected chi connectivity index (χ0v) is 12.2. The van der Waals surface area contributed by atoms with E-state index in [9.17, 15) is 4.79 Å². The first kappa shape index (κ1) is 15.4. The van der Waals surface area contributed by atoms with Crippen molar-refractivity contribution in [3.05, 3.63) is 35.9 Å². The monoisotopic (exact) mass is 279 g/mol. The molecule has 0 unspecified atom stereocenters. The van der Waals surface area contributed by atoms with E-state index in [-0.39, 0.29) is 18.5 Å². The highest BCUT2D eigenvalue weighted by atomic mass is 32.1. The maximum absolute atomic E-state index is 11.4. The molecular formula is C14H21N3OS. The Bertz CT molecular complexity index is 406. The predicted octanol–water partition coefficient (Wildman–Crippen LogP) is 1.22. The lowest BCUT2D eigenvalue weighted by Gasteiger charge is -2.12. The normalized spacial score (nSPS) is 10.1. The number of carbonyl (C=O) groups is 1. The van der Waals surface area contributed by atoms with Crippen molar-refractivity contribution >= 4 is 23.2 Å². The largest absolute Gasteiger partial charge is 0.362 e. The topological polar surface area (TPSA) is 53.2 Å². The molecule has 0 heterocycles. The van der Waals surface area contributed by atoms with Gasteiger partial charge in [-0.25, -0.2) is 0 Å². The number of nitrogens with one attached hydrogen (secondary N) is 3. The first-order chi connectivity index (χ1) is 9.08. The average molecular weight is 279 g/mol. The number of thiocarbonyl (C=S) groups is 1. The van der Waals surface area contributed by atoms with Crippen molar-refractivity contribution in [1.82, 2.24) is 16.0 Å². The van der Waals surface area contributed by atoms with Gasteiger partial charge in [0.05, 0.1) is 6.54 Å². The van der Waals surface area contributed by atoms with Crippen molar-refractivity contribution < 1.29 is 4.79 Å². The maximum Gasteiger partial charge on any atom is 0.239 e. The number of benzene rings is 1. The van der Waals surface area contributed by atoms with Crippen molar-refractivity contribution in [2.24, 2.45) is 0 Å². The van der Waals surface area contributed by atoms with Crippen molar-refractivity contribution in [2.75, 3.05) is 13.1 Å². The van der Waals surface area contributed by atoms with Crippen LogP contribution in [0, 0.1) is 0 Å². The molecule has 104 valence electrons. The van der Waals surface area contributed by atoms with Crippen LogP contribution in [0.15, 0.2) is 30.3 Å². The lowest BCUT2D eigenvalue weighted by molar-refractivity contribution is -0.120. The number of rotatable bonds is 6. The molecule has 1 aromatic carbocycles. The molecule has 0 radical (unpaired) electrons. The van der Waals surface area contributed by atoms with E-state index in [1.54, 1.807) is 0 Å². The Morgan fingerprint density at radius 1 is 1.21 bits per heavy atom. The molecule has 0 spiro atoms. The third-order valence-electron chi connectivity index (χ3n) is 2.40. The Hall–Kier alpha value is -1.62. The van der Waals surface area contributed by atoms with Crippen molar-refractivity contribution in [2.45, 2.75) is 26.3 Å². The van der Waals surface area contributed by atoms with Gasteiger partial charge in [-0.1, -0.05) is 30.3 Å². The minimum atomic E-state index is -0.0535. The first-order valence-electron chi connectivity index (χ1n) is 6.43. The molecule has 0 aliphatic rings. The molecule has 0 aliphatic heterocycles. The van der Waals surface area contributed by atoms with Crippen molar-refractivity contribution in [3.63, 3.8) is 0 Å². The second kappa shape index (κ2) is 8.48. The standard InChI is InChI=1S/C14H21N3OS/c1-11(2)17-13(18)10-16-14(19)15-9-8-12-6-4-3-5-7-12/h3-7,11H,8-10H2,1-2H3,(H,17,18)(H2,15,16,19). The smallest absolute Gasteiger partial charge is 0.239 e. The highest BCUT2D eigenvalue weighted by Gasteiger charge is 2.03. The fourth-order valence-electron chi connectivity index (χ4n) is 1.56. The summed E-state index contributed by atoms with van der Waals surface area (Å²) in [5, 5.41) is 9.26. The van der Waals surface area contributed by atoms with Gasteiger partial charge in [-0.05, 0) is 38.0 Å². The molecule has 19 heavy (non-hydrogen) atoms. The van der Waals surface area contributed by atoms with Crippen LogP contribution in [0.2, 0.25) is 0 Å². The molecule has 1 aromatic rings. The van der Waals surface area contributed by atoms with E-state index in [0.717, 1.165) is 13.0 Å². The molecule has 3 N–H and O–H groups in total. The lowest BCUT2D eigenvalue weighted by Crippen LogP contribution is -2.43. The average Bonchev–Trinajstić information content (AvgIpc) is 2.37. The Morgan fingerprint density at radius 3 is 2.53 bits per heavy atom.